The highest BCUT2D eigenvalue weighted by Crippen LogP contribution is 2.08. The average molecular weight is 250 g/mol. The number of anilines is 1. The second-order valence-corrected chi connectivity index (χ2v) is 4.45. The lowest BCUT2D eigenvalue weighted by Gasteiger charge is -2.09. The zero-order valence-corrected chi connectivity index (χ0v) is 11.1. The second-order valence-electron chi connectivity index (χ2n) is 4.45. The number of carbonyl (C=O) groups excluding carboxylic acids is 1. The Bertz CT molecular complexity index is 380. The van der Waals surface area contributed by atoms with Crippen LogP contribution in [0.1, 0.15) is 25.3 Å². The van der Waals surface area contributed by atoms with Gasteiger partial charge in [0.15, 0.2) is 0 Å². The molecule has 0 spiro atoms. The molecule has 0 aliphatic carbocycles. The summed E-state index contributed by atoms with van der Waals surface area (Å²) in [6, 6.07) is 7.69. The van der Waals surface area contributed by atoms with Crippen LogP contribution in [0.25, 0.3) is 0 Å². The minimum Gasteiger partial charge on any atom is -0.393 e. The van der Waals surface area contributed by atoms with Gasteiger partial charge >= 0.3 is 0 Å². The van der Waals surface area contributed by atoms with Gasteiger partial charge in [0, 0.05) is 5.69 Å². The van der Waals surface area contributed by atoms with E-state index in [-0.39, 0.29) is 18.6 Å². The third kappa shape index (κ3) is 5.80. The molecular weight excluding hydrogens is 228 g/mol. The molecule has 1 rings (SSSR count). The molecule has 0 aromatic heterocycles. The summed E-state index contributed by atoms with van der Waals surface area (Å²) in [5.41, 5.74) is 1.93. The van der Waals surface area contributed by atoms with Gasteiger partial charge in [-0.15, -0.1) is 0 Å². The molecule has 18 heavy (non-hydrogen) atoms. The topological polar surface area (TPSA) is 61.4 Å². The highest BCUT2D eigenvalue weighted by Gasteiger charge is 2.03. The first-order chi connectivity index (χ1) is 8.61. The number of aliphatic hydroxyl groups is 1. The Morgan fingerprint density at radius 1 is 1.44 bits per heavy atom. The Balaban J connectivity index is 2.22. The fourth-order valence-corrected chi connectivity index (χ4v) is 1.60. The Morgan fingerprint density at radius 3 is 2.89 bits per heavy atom. The fraction of sp³-hybridized carbons (Fsp3) is 0.500. The fourth-order valence-electron chi connectivity index (χ4n) is 1.60. The molecule has 0 bridgehead atoms. The number of amides is 1. The van der Waals surface area contributed by atoms with Gasteiger partial charge in [-0.3, -0.25) is 4.79 Å². The molecule has 0 aliphatic heterocycles. The Labute approximate surface area is 108 Å². The van der Waals surface area contributed by atoms with Crippen molar-refractivity contribution in [2.24, 2.45) is 0 Å². The van der Waals surface area contributed by atoms with Gasteiger partial charge in [-0.2, -0.15) is 0 Å². The highest BCUT2D eigenvalue weighted by molar-refractivity contribution is 5.92. The number of aryl methyl sites for hydroxylation is 1. The van der Waals surface area contributed by atoms with E-state index in [2.05, 4.69) is 10.6 Å². The first kappa shape index (κ1) is 14.7. The second kappa shape index (κ2) is 7.84. The van der Waals surface area contributed by atoms with E-state index in [9.17, 15) is 9.90 Å². The summed E-state index contributed by atoms with van der Waals surface area (Å²) in [5, 5.41) is 15.2. The maximum atomic E-state index is 11.6. The average Bonchev–Trinajstić information content (AvgIpc) is 2.34. The summed E-state index contributed by atoms with van der Waals surface area (Å²) >= 11 is 0. The predicted molar refractivity (Wildman–Crippen MR) is 73.6 cm³/mol. The molecule has 0 saturated heterocycles. The summed E-state index contributed by atoms with van der Waals surface area (Å²) in [6.07, 6.45) is 1.14. The van der Waals surface area contributed by atoms with Crippen LogP contribution < -0.4 is 10.6 Å². The zero-order valence-electron chi connectivity index (χ0n) is 11.1. The minimum absolute atomic E-state index is 0.0633. The van der Waals surface area contributed by atoms with E-state index in [0.29, 0.717) is 13.0 Å². The van der Waals surface area contributed by atoms with Crippen molar-refractivity contribution in [1.82, 2.24) is 5.32 Å². The summed E-state index contributed by atoms with van der Waals surface area (Å²) in [5.74, 6) is -0.0633. The van der Waals surface area contributed by atoms with Gasteiger partial charge in [-0.05, 0) is 44.0 Å². The van der Waals surface area contributed by atoms with Crippen LogP contribution >= 0.6 is 0 Å². The normalized spacial score (nSPS) is 12.2. The van der Waals surface area contributed by atoms with Crippen LogP contribution in [0.15, 0.2) is 24.3 Å². The van der Waals surface area contributed by atoms with Crippen molar-refractivity contribution >= 4 is 11.6 Å². The molecule has 0 aliphatic rings. The van der Waals surface area contributed by atoms with Gasteiger partial charge in [-0.25, -0.2) is 0 Å². The van der Waals surface area contributed by atoms with E-state index in [1.54, 1.807) is 0 Å². The largest absolute Gasteiger partial charge is 0.393 e. The lowest BCUT2D eigenvalue weighted by atomic mass is 10.2. The van der Waals surface area contributed by atoms with Crippen LogP contribution in [-0.4, -0.2) is 30.2 Å². The van der Waals surface area contributed by atoms with E-state index in [1.807, 2.05) is 38.1 Å². The molecule has 1 atom stereocenters. The van der Waals surface area contributed by atoms with Gasteiger partial charge in [0.25, 0.3) is 0 Å². The van der Waals surface area contributed by atoms with Gasteiger partial charge in [-0.1, -0.05) is 19.1 Å². The summed E-state index contributed by atoms with van der Waals surface area (Å²) in [7, 11) is 0. The summed E-state index contributed by atoms with van der Waals surface area (Å²) < 4.78 is 0. The maximum Gasteiger partial charge on any atom is 0.238 e. The predicted octanol–water partition coefficient (Wildman–Crippen LogP) is 1.68. The van der Waals surface area contributed by atoms with Crippen LogP contribution in [-0.2, 0) is 4.79 Å². The van der Waals surface area contributed by atoms with Crippen LogP contribution in [0.3, 0.4) is 0 Å². The number of nitrogens with one attached hydrogen (secondary N) is 2. The number of hydrogen-bond acceptors (Lipinski definition) is 3. The number of carbonyl (C=O) groups is 1. The van der Waals surface area contributed by atoms with Gasteiger partial charge in [0.2, 0.25) is 5.91 Å². The molecule has 100 valence electrons. The van der Waals surface area contributed by atoms with E-state index >= 15 is 0 Å². The SMILES string of the molecule is CCC(O)CCNCC(=O)Nc1cccc(C)c1. The zero-order chi connectivity index (χ0) is 13.4. The van der Waals surface area contributed by atoms with Crippen molar-refractivity contribution in [1.29, 1.82) is 0 Å². The molecule has 1 unspecified atom stereocenters. The summed E-state index contributed by atoms with van der Waals surface area (Å²) in [6.45, 7) is 4.84. The van der Waals surface area contributed by atoms with E-state index in [0.717, 1.165) is 17.7 Å². The van der Waals surface area contributed by atoms with Crippen molar-refractivity contribution < 1.29 is 9.90 Å². The summed E-state index contributed by atoms with van der Waals surface area (Å²) in [4.78, 5) is 11.6. The van der Waals surface area contributed by atoms with E-state index in [1.165, 1.54) is 0 Å². The van der Waals surface area contributed by atoms with Gasteiger partial charge in [0.05, 0.1) is 12.6 Å². The molecule has 4 heteroatoms. The monoisotopic (exact) mass is 250 g/mol. The lowest BCUT2D eigenvalue weighted by molar-refractivity contribution is -0.115. The van der Waals surface area contributed by atoms with E-state index < -0.39 is 0 Å². The number of hydrogen-bond donors (Lipinski definition) is 3. The van der Waals surface area contributed by atoms with Crippen molar-refractivity contribution in [2.45, 2.75) is 32.8 Å². The molecular formula is C14H22N2O2. The van der Waals surface area contributed by atoms with Crippen LogP contribution in [0.4, 0.5) is 5.69 Å². The van der Waals surface area contributed by atoms with Crippen LogP contribution in [0.2, 0.25) is 0 Å². The van der Waals surface area contributed by atoms with Crippen molar-refractivity contribution in [2.75, 3.05) is 18.4 Å². The Hall–Kier alpha value is -1.39. The van der Waals surface area contributed by atoms with Gasteiger partial charge in [0.1, 0.15) is 0 Å². The highest BCUT2D eigenvalue weighted by atomic mass is 16.3. The quantitative estimate of drug-likeness (QED) is 0.645. The molecule has 0 radical (unpaired) electrons. The minimum atomic E-state index is -0.280. The first-order valence-corrected chi connectivity index (χ1v) is 6.37. The molecule has 4 nitrogen and oxygen atoms in total. The molecule has 1 aromatic carbocycles. The Morgan fingerprint density at radius 2 is 2.22 bits per heavy atom. The molecule has 0 saturated carbocycles. The number of rotatable bonds is 7. The third-order valence-corrected chi connectivity index (χ3v) is 2.71. The van der Waals surface area contributed by atoms with Crippen molar-refractivity contribution in [3.8, 4) is 0 Å². The standard InChI is InChI=1S/C14H22N2O2/c1-3-13(17)7-8-15-10-14(18)16-12-6-4-5-11(2)9-12/h4-6,9,13,15,17H,3,7-8,10H2,1-2H3,(H,16,18). The lowest BCUT2D eigenvalue weighted by Crippen LogP contribution is -2.30. The van der Waals surface area contributed by atoms with Gasteiger partial charge < -0.3 is 15.7 Å². The maximum absolute atomic E-state index is 11.6. The van der Waals surface area contributed by atoms with Crippen molar-refractivity contribution in [3.05, 3.63) is 29.8 Å². The Kier molecular flexibility index (Phi) is 6.39. The molecule has 0 fully saturated rings. The van der Waals surface area contributed by atoms with Crippen molar-refractivity contribution in [3.63, 3.8) is 0 Å². The molecule has 1 amide bonds. The third-order valence-electron chi connectivity index (χ3n) is 2.71. The smallest absolute Gasteiger partial charge is 0.238 e. The van der Waals surface area contributed by atoms with E-state index in [4.69, 9.17) is 0 Å². The number of benzene rings is 1. The first-order valence-electron chi connectivity index (χ1n) is 6.37. The van der Waals surface area contributed by atoms with Crippen LogP contribution in [0, 0.1) is 6.92 Å². The molecule has 3 N–H and O–H groups in total. The molecule has 0 heterocycles. The van der Waals surface area contributed by atoms with Crippen LogP contribution in [0.5, 0.6) is 0 Å². The number of aliphatic hydroxyl groups excluding tert-OH is 1. The molecule has 1 aromatic rings.